The minimum absolute atomic E-state index is 0.115. The average molecular weight is 287 g/mol. The lowest BCUT2D eigenvalue weighted by Crippen LogP contribution is -2.37. The van der Waals surface area contributed by atoms with E-state index in [0.717, 1.165) is 0 Å². The summed E-state index contributed by atoms with van der Waals surface area (Å²) >= 11 is 4.60. The average Bonchev–Trinajstić information content (AvgIpc) is 2.34. The van der Waals surface area contributed by atoms with Gasteiger partial charge in [-0.3, -0.25) is 4.79 Å². The first kappa shape index (κ1) is 15.3. The molecule has 1 atom stereocenters. The van der Waals surface area contributed by atoms with Crippen molar-refractivity contribution in [1.29, 1.82) is 0 Å². The summed E-state index contributed by atoms with van der Waals surface area (Å²) in [5.41, 5.74) is 4.99. The van der Waals surface area contributed by atoms with Crippen molar-refractivity contribution in [2.45, 2.75) is 19.9 Å². The molecule has 1 amide bonds. The molecular weight excluding hydrogens is 272 g/mol. The zero-order valence-corrected chi connectivity index (χ0v) is 11.4. The number of carbonyl (C=O) groups excluding carboxylic acids is 1. The number of nitrogens with two attached hydrogens (primary N) is 1. The van der Waals surface area contributed by atoms with Gasteiger partial charge in [0.25, 0.3) is 0 Å². The Labute approximate surface area is 115 Å². The predicted molar refractivity (Wildman–Crippen MR) is 74.0 cm³/mol. The monoisotopic (exact) mass is 287 g/mol. The van der Waals surface area contributed by atoms with Crippen LogP contribution in [0, 0.1) is 11.6 Å². The fraction of sp³-hybridized carbons (Fsp3) is 0.333. The molecule has 0 spiro atoms. The van der Waals surface area contributed by atoms with Crippen molar-refractivity contribution in [2.75, 3.05) is 11.9 Å². The van der Waals surface area contributed by atoms with Crippen molar-refractivity contribution < 1.29 is 13.6 Å². The summed E-state index contributed by atoms with van der Waals surface area (Å²) in [5, 5.41) is 5.16. The molecule has 0 aliphatic rings. The predicted octanol–water partition coefficient (Wildman–Crippen LogP) is 1.54. The number of likely N-dealkylation sites (N-methyl/N-ethyl adjacent to an activating group) is 1. The van der Waals surface area contributed by atoms with Crippen molar-refractivity contribution in [3.8, 4) is 0 Å². The number of hydrogen-bond donors (Lipinski definition) is 3. The number of nitrogens with one attached hydrogen (secondary N) is 2. The van der Waals surface area contributed by atoms with E-state index < -0.39 is 17.7 Å². The molecular formula is C12H15F2N3OS. The third kappa shape index (κ3) is 3.60. The Morgan fingerprint density at radius 3 is 2.58 bits per heavy atom. The van der Waals surface area contributed by atoms with Crippen LogP contribution in [0.2, 0.25) is 0 Å². The van der Waals surface area contributed by atoms with Crippen LogP contribution in [0.4, 0.5) is 14.5 Å². The van der Waals surface area contributed by atoms with Gasteiger partial charge in [-0.25, -0.2) is 8.78 Å². The lowest BCUT2D eigenvalue weighted by molar-refractivity contribution is -0.121. The van der Waals surface area contributed by atoms with Crippen LogP contribution < -0.4 is 16.4 Å². The van der Waals surface area contributed by atoms with Crippen LogP contribution in [0.25, 0.3) is 0 Å². The molecule has 0 saturated carbocycles. The van der Waals surface area contributed by atoms with E-state index >= 15 is 0 Å². The molecule has 1 rings (SSSR count). The molecule has 0 heterocycles. The highest BCUT2D eigenvalue weighted by atomic mass is 32.1. The largest absolute Gasteiger partial charge is 0.389 e. The molecule has 19 heavy (non-hydrogen) atoms. The van der Waals surface area contributed by atoms with Gasteiger partial charge in [-0.15, -0.1) is 0 Å². The van der Waals surface area contributed by atoms with Crippen LogP contribution in [0.3, 0.4) is 0 Å². The van der Waals surface area contributed by atoms with Gasteiger partial charge in [0.1, 0.15) is 11.0 Å². The highest BCUT2D eigenvalue weighted by Gasteiger charge is 2.18. The summed E-state index contributed by atoms with van der Waals surface area (Å²) in [5.74, 6) is -2.54. The number of hydrogen-bond acceptors (Lipinski definition) is 3. The molecule has 7 heteroatoms. The standard InChI is InChI=1S/C12H15F2N3OS/c1-3-16-12(18)6(2)17-8-5-4-7(11(15)19)9(13)10(8)14/h4-6,17H,3H2,1-2H3,(H2,15,19)(H,16,18). The molecule has 104 valence electrons. The molecule has 0 saturated heterocycles. The number of amides is 1. The second-order valence-electron chi connectivity index (χ2n) is 3.91. The highest BCUT2D eigenvalue weighted by molar-refractivity contribution is 7.80. The second-order valence-corrected chi connectivity index (χ2v) is 4.35. The zero-order chi connectivity index (χ0) is 14.6. The molecule has 4 nitrogen and oxygen atoms in total. The number of rotatable bonds is 5. The van der Waals surface area contributed by atoms with Gasteiger partial charge in [0.05, 0.1) is 5.69 Å². The first-order valence-corrected chi connectivity index (χ1v) is 6.11. The quantitative estimate of drug-likeness (QED) is 0.719. The first-order valence-electron chi connectivity index (χ1n) is 5.70. The van der Waals surface area contributed by atoms with E-state index in [1.165, 1.54) is 12.1 Å². The Morgan fingerprint density at radius 1 is 1.42 bits per heavy atom. The van der Waals surface area contributed by atoms with Gasteiger partial charge in [0.2, 0.25) is 5.91 Å². The van der Waals surface area contributed by atoms with Crippen molar-refractivity contribution >= 4 is 28.8 Å². The van der Waals surface area contributed by atoms with Crippen LogP contribution in [-0.4, -0.2) is 23.5 Å². The summed E-state index contributed by atoms with van der Waals surface area (Å²) in [7, 11) is 0. The van der Waals surface area contributed by atoms with E-state index in [-0.39, 0.29) is 22.1 Å². The third-order valence-corrected chi connectivity index (χ3v) is 2.68. The van der Waals surface area contributed by atoms with Gasteiger partial charge in [0, 0.05) is 12.1 Å². The molecule has 0 radical (unpaired) electrons. The third-order valence-electron chi connectivity index (χ3n) is 2.46. The normalized spacial score (nSPS) is 11.8. The number of carbonyl (C=O) groups is 1. The Balaban J connectivity index is 2.95. The van der Waals surface area contributed by atoms with Crippen LogP contribution in [0.5, 0.6) is 0 Å². The molecule has 0 aliphatic heterocycles. The van der Waals surface area contributed by atoms with E-state index in [4.69, 9.17) is 5.73 Å². The van der Waals surface area contributed by atoms with Crippen molar-refractivity contribution in [1.82, 2.24) is 5.32 Å². The molecule has 0 fully saturated rings. The van der Waals surface area contributed by atoms with E-state index in [2.05, 4.69) is 22.9 Å². The van der Waals surface area contributed by atoms with E-state index in [0.29, 0.717) is 6.54 Å². The number of anilines is 1. The molecule has 4 N–H and O–H groups in total. The lowest BCUT2D eigenvalue weighted by atomic mass is 10.1. The van der Waals surface area contributed by atoms with E-state index in [1.54, 1.807) is 13.8 Å². The van der Waals surface area contributed by atoms with Crippen LogP contribution in [0.1, 0.15) is 19.4 Å². The molecule has 1 aromatic carbocycles. The maximum absolute atomic E-state index is 13.7. The fourth-order valence-electron chi connectivity index (χ4n) is 1.48. The van der Waals surface area contributed by atoms with Crippen LogP contribution >= 0.6 is 12.2 Å². The molecule has 1 aromatic rings. The molecule has 0 aromatic heterocycles. The van der Waals surface area contributed by atoms with E-state index in [9.17, 15) is 13.6 Å². The second kappa shape index (κ2) is 6.42. The van der Waals surface area contributed by atoms with Gasteiger partial charge in [0.15, 0.2) is 11.6 Å². The fourth-order valence-corrected chi connectivity index (χ4v) is 1.64. The Morgan fingerprint density at radius 2 is 2.05 bits per heavy atom. The topological polar surface area (TPSA) is 67.2 Å². The summed E-state index contributed by atoms with van der Waals surface area (Å²) in [6.07, 6.45) is 0. The summed E-state index contributed by atoms with van der Waals surface area (Å²) < 4.78 is 27.4. The summed E-state index contributed by atoms with van der Waals surface area (Å²) in [6, 6.07) is 1.88. The molecule has 0 aliphatic carbocycles. The summed E-state index contributed by atoms with van der Waals surface area (Å²) in [4.78, 5) is 11.3. The van der Waals surface area contributed by atoms with Gasteiger partial charge >= 0.3 is 0 Å². The molecule has 0 bridgehead atoms. The van der Waals surface area contributed by atoms with Gasteiger partial charge in [-0.05, 0) is 26.0 Å². The van der Waals surface area contributed by atoms with Crippen molar-refractivity contribution in [3.05, 3.63) is 29.3 Å². The van der Waals surface area contributed by atoms with Crippen molar-refractivity contribution in [2.24, 2.45) is 5.73 Å². The molecule has 1 unspecified atom stereocenters. The van der Waals surface area contributed by atoms with Crippen molar-refractivity contribution in [3.63, 3.8) is 0 Å². The first-order chi connectivity index (χ1) is 8.88. The van der Waals surface area contributed by atoms with Gasteiger partial charge in [-0.2, -0.15) is 0 Å². The van der Waals surface area contributed by atoms with Gasteiger partial charge < -0.3 is 16.4 Å². The maximum Gasteiger partial charge on any atom is 0.242 e. The highest BCUT2D eigenvalue weighted by Crippen LogP contribution is 2.21. The SMILES string of the molecule is CCNC(=O)C(C)Nc1ccc(C(N)=S)c(F)c1F. The smallest absolute Gasteiger partial charge is 0.242 e. The zero-order valence-electron chi connectivity index (χ0n) is 10.6. The maximum atomic E-state index is 13.7. The van der Waals surface area contributed by atoms with E-state index in [1.807, 2.05) is 0 Å². The Bertz CT molecular complexity index is 508. The van der Waals surface area contributed by atoms with Crippen LogP contribution in [0.15, 0.2) is 12.1 Å². The lowest BCUT2D eigenvalue weighted by Gasteiger charge is -2.16. The minimum Gasteiger partial charge on any atom is -0.389 e. The van der Waals surface area contributed by atoms with Gasteiger partial charge in [-0.1, -0.05) is 12.2 Å². The summed E-state index contributed by atoms with van der Waals surface area (Å²) in [6.45, 7) is 3.77. The number of halogens is 2. The van der Waals surface area contributed by atoms with Crippen LogP contribution in [-0.2, 0) is 4.79 Å². The Kier molecular flexibility index (Phi) is 5.17. The minimum atomic E-state index is -1.12. The Hall–Kier alpha value is -1.76. The number of thiocarbonyl (C=S) groups is 1. The number of benzene rings is 1.